The van der Waals surface area contributed by atoms with E-state index in [4.69, 9.17) is 9.47 Å². The molecule has 4 heteroatoms. The lowest BCUT2D eigenvalue weighted by molar-refractivity contribution is 0.286. The number of methoxy groups -OCH3 is 1. The topological polar surface area (TPSA) is 30.5 Å². The predicted octanol–water partition coefficient (Wildman–Crippen LogP) is 3.85. The van der Waals surface area contributed by atoms with E-state index in [-0.39, 0.29) is 12.4 Å². The molecule has 0 unspecified atom stereocenters. The van der Waals surface area contributed by atoms with Crippen molar-refractivity contribution in [2.75, 3.05) is 20.8 Å². The van der Waals surface area contributed by atoms with Gasteiger partial charge in [0, 0.05) is 12.6 Å². The van der Waals surface area contributed by atoms with Crippen molar-refractivity contribution >= 4 is 12.4 Å². The lowest BCUT2D eigenvalue weighted by Crippen LogP contribution is -2.07. The molecule has 0 aliphatic carbocycles. The van der Waals surface area contributed by atoms with Gasteiger partial charge < -0.3 is 14.8 Å². The van der Waals surface area contributed by atoms with Crippen LogP contribution < -0.4 is 14.8 Å². The van der Waals surface area contributed by atoms with Crippen molar-refractivity contribution in [1.82, 2.24) is 5.32 Å². The van der Waals surface area contributed by atoms with Gasteiger partial charge in [0.05, 0.1) is 13.7 Å². The lowest BCUT2D eigenvalue weighted by Gasteiger charge is -2.17. The van der Waals surface area contributed by atoms with E-state index in [9.17, 15) is 0 Å². The van der Waals surface area contributed by atoms with E-state index in [0.717, 1.165) is 37.5 Å². The summed E-state index contributed by atoms with van der Waals surface area (Å²) in [5.74, 6) is 1.86. The first kappa shape index (κ1) is 18.3. The summed E-state index contributed by atoms with van der Waals surface area (Å²) in [4.78, 5) is 0. The average molecular weight is 322 g/mol. The first-order valence-corrected chi connectivity index (χ1v) is 7.31. The number of nitrogens with one attached hydrogen (secondary N) is 1. The molecule has 1 N–H and O–H groups in total. The number of hydrogen-bond acceptors (Lipinski definition) is 3. The molecule has 1 aliphatic rings. The minimum absolute atomic E-state index is 0. The summed E-state index contributed by atoms with van der Waals surface area (Å²) < 4.78 is 10.6. The van der Waals surface area contributed by atoms with Crippen molar-refractivity contribution in [1.29, 1.82) is 0 Å². The molecule has 22 heavy (non-hydrogen) atoms. The van der Waals surface area contributed by atoms with E-state index in [1.807, 2.05) is 37.4 Å². The fraction of sp³-hybridized carbons (Fsp3) is 0.333. The van der Waals surface area contributed by atoms with Crippen LogP contribution in [0.4, 0.5) is 0 Å². The van der Waals surface area contributed by atoms with Crippen molar-refractivity contribution in [2.24, 2.45) is 0 Å². The average Bonchev–Trinajstić information content (AvgIpc) is 2.56. The second kappa shape index (κ2) is 10.1. The standard InChI is InChI=1S/C10H12O2.C8H11N.ClH/c1-11-9-5-4-8-3-2-6-12-10(8)7-9;1-9-7-8-5-3-2-4-6-8;/h4-5,7H,2-3,6H2,1H3;2-6,9H,7H2,1H3;1H. The minimum Gasteiger partial charge on any atom is -0.497 e. The van der Waals surface area contributed by atoms with Gasteiger partial charge in [-0.25, -0.2) is 0 Å². The molecule has 1 heterocycles. The maximum Gasteiger partial charge on any atom is 0.126 e. The lowest BCUT2D eigenvalue weighted by atomic mass is 10.1. The Morgan fingerprint density at radius 3 is 2.59 bits per heavy atom. The maximum atomic E-state index is 5.49. The molecular weight excluding hydrogens is 298 g/mol. The summed E-state index contributed by atoms with van der Waals surface area (Å²) in [5, 5.41) is 3.08. The summed E-state index contributed by atoms with van der Waals surface area (Å²) in [7, 11) is 3.62. The van der Waals surface area contributed by atoms with E-state index < -0.39 is 0 Å². The largest absolute Gasteiger partial charge is 0.497 e. The van der Waals surface area contributed by atoms with Gasteiger partial charge >= 0.3 is 0 Å². The zero-order chi connectivity index (χ0) is 14.9. The number of ether oxygens (including phenoxy) is 2. The Bertz CT molecular complexity index is 546. The number of aryl methyl sites for hydroxylation is 1. The molecule has 0 radical (unpaired) electrons. The first-order chi connectivity index (χ1) is 10.3. The Hall–Kier alpha value is -1.71. The van der Waals surface area contributed by atoms with Gasteiger partial charge in [0.1, 0.15) is 11.5 Å². The second-order valence-electron chi connectivity index (χ2n) is 4.94. The van der Waals surface area contributed by atoms with Gasteiger partial charge in [0.15, 0.2) is 0 Å². The zero-order valence-corrected chi connectivity index (χ0v) is 14.0. The fourth-order valence-corrected chi connectivity index (χ4v) is 2.25. The van der Waals surface area contributed by atoms with Crippen LogP contribution in [0.15, 0.2) is 48.5 Å². The van der Waals surface area contributed by atoms with Gasteiger partial charge in [-0.1, -0.05) is 36.4 Å². The zero-order valence-electron chi connectivity index (χ0n) is 13.2. The molecule has 1 aliphatic heterocycles. The van der Waals surface area contributed by atoms with Crippen LogP contribution in [-0.2, 0) is 13.0 Å². The minimum atomic E-state index is 0. The highest BCUT2D eigenvalue weighted by Crippen LogP contribution is 2.28. The van der Waals surface area contributed by atoms with Gasteiger partial charge in [-0.05, 0) is 37.1 Å². The molecular formula is C18H24ClNO2. The van der Waals surface area contributed by atoms with Crippen LogP contribution in [0.5, 0.6) is 11.5 Å². The third kappa shape index (κ3) is 5.58. The van der Waals surface area contributed by atoms with Crippen LogP contribution >= 0.6 is 12.4 Å². The fourth-order valence-electron chi connectivity index (χ4n) is 2.25. The van der Waals surface area contributed by atoms with Crippen LogP contribution in [0.25, 0.3) is 0 Å². The molecule has 0 fully saturated rings. The molecule has 0 saturated carbocycles. The van der Waals surface area contributed by atoms with Gasteiger partial charge in [-0.2, -0.15) is 0 Å². The first-order valence-electron chi connectivity index (χ1n) is 7.31. The Morgan fingerprint density at radius 1 is 1.14 bits per heavy atom. The van der Waals surface area contributed by atoms with Crippen LogP contribution in [-0.4, -0.2) is 20.8 Å². The number of hydrogen-bond donors (Lipinski definition) is 1. The molecule has 3 rings (SSSR count). The van der Waals surface area contributed by atoms with Gasteiger partial charge in [-0.3, -0.25) is 0 Å². The molecule has 0 atom stereocenters. The summed E-state index contributed by atoms with van der Waals surface area (Å²) in [6, 6.07) is 16.3. The molecule has 2 aromatic carbocycles. The van der Waals surface area contributed by atoms with E-state index in [1.54, 1.807) is 7.11 Å². The van der Waals surface area contributed by atoms with Gasteiger partial charge in [0.25, 0.3) is 0 Å². The third-order valence-electron chi connectivity index (χ3n) is 3.35. The Labute approximate surface area is 139 Å². The van der Waals surface area contributed by atoms with Crippen LogP contribution in [0.3, 0.4) is 0 Å². The van der Waals surface area contributed by atoms with Crippen molar-refractivity contribution in [3.8, 4) is 11.5 Å². The Balaban J connectivity index is 0.000000219. The molecule has 0 aromatic heterocycles. The van der Waals surface area contributed by atoms with Crippen LogP contribution in [0, 0.1) is 0 Å². The smallest absolute Gasteiger partial charge is 0.126 e. The quantitative estimate of drug-likeness (QED) is 0.931. The van der Waals surface area contributed by atoms with E-state index in [2.05, 4.69) is 23.5 Å². The van der Waals surface area contributed by atoms with Crippen molar-refractivity contribution < 1.29 is 9.47 Å². The van der Waals surface area contributed by atoms with Crippen molar-refractivity contribution in [3.05, 3.63) is 59.7 Å². The predicted molar refractivity (Wildman–Crippen MR) is 93.3 cm³/mol. The number of fused-ring (bicyclic) bond motifs is 1. The van der Waals surface area contributed by atoms with Gasteiger partial charge in [-0.15, -0.1) is 12.4 Å². The van der Waals surface area contributed by atoms with Crippen LogP contribution in [0.2, 0.25) is 0 Å². The van der Waals surface area contributed by atoms with Crippen molar-refractivity contribution in [3.63, 3.8) is 0 Å². The molecule has 120 valence electrons. The number of benzene rings is 2. The molecule has 0 bridgehead atoms. The van der Waals surface area contributed by atoms with E-state index in [1.165, 1.54) is 11.1 Å². The van der Waals surface area contributed by atoms with Crippen molar-refractivity contribution in [2.45, 2.75) is 19.4 Å². The van der Waals surface area contributed by atoms with Crippen LogP contribution in [0.1, 0.15) is 17.5 Å². The summed E-state index contributed by atoms with van der Waals surface area (Å²) >= 11 is 0. The molecule has 2 aromatic rings. The Kier molecular flexibility index (Phi) is 8.41. The number of halogens is 1. The highest BCUT2D eigenvalue weighted by atomic mass is 35.5. The molecule has 3 nitrogen and oxygen atoms in total. The highest BCUT2D eigenvalue weighted by molar-refractivity contribution is 5.85. The van der Waals surface area contributed by atoms with E-state index in [0.29, 0.717) is 0 Å². The normalized spacial score (nSPS) is 11.9. The summed E-state index contributed by atoms with van der Waals surface area (Å²) in [6.45, 7) is 1.79. The van der Waals surface area contributed by atoms with Gasteiger partial charge in [0.2, 0.25) is 0 Å². The van der Waals surface area contributed by atoms with E-state index >= 15 is 0 Å². The third-order valence-corrected chi connectivity index (χ3v) is 3.35. The summed E-state index contributed by atoms with van der Waals surface area (Å²) in [6.07, 6.45) is 2.25. The highest BCUT2D eigenvalue weighted by Gasteiger charge is 2.10. The molecule has 0 amide bonds. The second-order valence-corrected chi connectivity index (χ2v) is 4.94. The molecule has 0 spiro atoms. The monoisotopic (exact) mass is 321 g/mol. The SMILES string of the molecule is CNCc1ccccc1.COc1ccc2c(c1)OCCC2.Cl. The summed E-state index contributed by atoms with van der Waals surface area (Å²) in [5.41, 5.74) is 2.63. The Morgan fingerprint density at radius 2 is 1.91 bits per heavy atom. The molecule has 0 saturated heterocycles. The number of rotatable bonds is 3. The maximum absolute atomic E-state index is 5.49.